The maximum atomic E-state index is 10.9. The highest BCUT2D eigenvalue weighted by Gasteiger charge is 2.16. The fourth-order valence-corrected chi connectivity index (χ4v) is 4.36. The van der Waals surface area contributed by atoms with Crippen LogP contribution in [-0.2, 0) is 19.4 Å². The summed E-state index contributed by atoms with van der Waals surface area (Å²) in [6.07, 6.45) is 1.88. The number of carbonyl (C=O) groups is 2. The van der Waals surface area contributed by atoms with Crippen molar-refractivity contribution in [2.24, 2.45) is 0 Å². The molecule has 14 nitrogen and oxygen atoms in total. The largest absolute Gasteiger partial charge is 0.343 e. The van der Waals surface area contributed by atoms with Crippen LogP contribution in [0.1, 0.15) is 6.92 Å². The number of aldehydes is 1. The standard InChI is InChI=1S/C16H34N4O5.C9H20N4O/c1-2-17-3-5-18(11-14-21)7-8-20(13-16-25-23)10-9-19(6-4-17)12-15-24-22;14-9-13-7-5-11-3-1-10-2-4-12-6-8-13/h14,22-23H,2-13,15-16H2,1H3;9-12H,1-8H2. The van der Waals surface area contributed by atoms with Crippen molar-refractivity contribution in [2.75, 3.05) is 144 Å². The monoisotopic (exact) mass is 562 g/mol. The maximum absolute atomic E-state index is 10.9. The first kappa shape index (κ1) is 35.7. The summed E-state index contributed by atoms with van der Waals surface area (Å²) in [4.78, 5) is 40.9. The van der Waals surface area contributed by atoms with Gasteiger partial charge in [-0.1, -0.05) is 6.92 Å². The summed E-state index contributed by atoms with van der Waals surface area (Å²) in [7, 11) is 0. The summed E-state index contributed by atoms with van der Waals surface area (Å²) in [5.74, 6) is 0. The molecule has 2 fully saturated rings. The molecule has 2 aliphatic heterocycles. The number of hydrogen-bond acceptors (Lipinski definition) is 13. The fourth-order valence-electron chi connectivity index (χ4n) is 4.36. The summed E-state index contributed by atoms with van der Waals surface area (Å²) in [5.41, 5.74) is 0. The third kappa shape index (κ3) is 19.4. The molecule has 0 aromatic heterocycles. The molecule has 14 heteroatoms. The van der Waals surface area contributed by atoms with Gasteiger partial charge in [-0.05, 0) is 6.54 Å². The predicted molar refractivity (Wildman–Crippen MR) is 151 cm³/mol. The lowest BCUT2D eigenvalue weighted by Gasteiger charge is -2.33. The minimum atomic E-state index is 0.261. The van der Waals surface area contributed by atoms with Crippen LogP contribution >= 0.6 is 0 Å². The lowest BCUT2D eigenvalue weighted by molar-refractivity contribution is -0.245. The Morgan fingerprint density at radius 3 is 1.41 bits per heavy atom. The van der Waals surface area contributed by atoms with Crippen LogP contribution in [0.5, 0.6) is 0 Å². The van der Waals surface area contributed by atoms with Crippen molar-refractivity contribution >= 4 is 12.7 Å². The SMILES string of the molecule is CCN1CCN(CC=O)CCN(CCOO)CCN(CCOO)CC1.O=CN1CCNCCNCCNCC1. The topological polar surface area (TPSA) is 145 Å². The molecule has 0 radical (unpaired) electrons. The van der Waals surface area contributed by atoms with Crippen molar-refractivity contribution in [3.05, 3.63) is 0 Å². The zero-order chi connectivity index (χ0) is 28.4. The molecule has 0 spiro atoms. The highest BCUT2D eigenvalue weighted by Crippen LogP contribution is 2.00. The number of hydrogen-bond donors (Lipinski definition) is 5. The third-order valence-corrected chi connectivity index (χ3v) is 6.97. The maximum Gasteiger partial charge on any atom is 0.209 e. The van der Waals surface area contributed by atoms with Crippen LogP contribution in [0.4, 0.5) is 0 Å². The van der Waals surface area contributed by atoms with Gasteiger partial charge in [0.25, 0.3) is 0 Å². The quantitative estimate of drug-likeness (QED) is 0.110. The van der Waals surface area contributed by atoms with Gasteiger partial charge >= 0.3 is 0 Å². The summed E-state index contributed by atoms with van der Waals surface area (Å²) in [6.45, 7) is 19.6. The number of carbonyl (C=O) groups excluding carboxylic acids is 2. The Kier molecular flexibility index (Phi) is 23.5. The van der Waals surface area contributed by atoms with Crippen LogP contribution in [0, 0.1) is 0 Å². The van der Waals surface area contributed by atoms with Crippen molar-refractivity contribution in [2.45, 2.75) is 6.92 Å². The average molecular weight is 563 g/mol. The average Bonchev–Trinajstić information content (AvgIpc) is 2.94. The molecule has 5 N–H and O–H groups in total. The second-order valence-electron chi connectivity index (χ2n) is 9.64. The molecule has 2 rings (SSSR count). The Morgan fingerprint density at radius 1 is 0.615 bits per heavy atom. The van der Waals surface area contributed by atoms with Crippen molar-refractivity contribution in [3.8, 4) is 0 Å². The molecule has 2 aliphatic rings. The Hall–Kier alpha value is -1.30. The van der Waals surface area contributed by atoms with E-state index in [1.165, 1.54) is 0 Å². The van der Waals surface area contributed by atoms with E-state index in [-0.39, 0.29) is 6.61 Å². The minimum absolute atomic E-state index is 0.261. The van der Waals surface area contributed by atoms with Gasteiger partial charge in [-0.25, -0.2) is 9.78 Å². The number of amides is 1. The molecule has 0 unspecified atom stereocenters. The van der Waals surface area contributed by atoms with Gasteiger partial charge in [0.05, 0.1) is 19.8 Å². The molecule has 0 aromatic carbocycles. The Bertz CT molecular complexity index is 571. The van der Waals surface area contributed by atoms with Crippen molar-refractivity contribution in [1.82, 2.24) is 40.4 Å². The van der Waals surface area contributed by atoms with Gasteiger partial charge in [-0.3, -0.25) is 30.0 Å². The Labute approximate surface area is 234 Å². The molecular formula is C25H54N8O6. The van der Waals surface area contributed by atoms with Crippen molar-refractivity contribution in [3.63, 3.8) is 0 Å². The van der Waals surface area contributed by atoms with Crippen LogP contribution in [0.3, 0.4) is 0 Å². The second-order valence-corrected chi connectivity index (χ2v) is 9.64. The van der Waals surface area contributed by atoms with E-state index in [0.717, 1.165) is 124 Å². The summed E-state index contributed by atoms with van der Waals surface area (Å²) in [6, 6.07) is 0. The van der Waals surface area contributed by atoms with Crippen LogP contribution in [0.25, 0.3) is 0 Å². The summed E-state index contributed by atoms with van der Waals surface area (Å²) >= 11 is 0. The highest BCUT2D eigenvalue weighted by molar-refractivity contribution is 5.51. The number of likely N-dealkylation sites (N-methyl/N-ethyl adjacent to an activating group) is 1. The number of nitrogens with one attached hydrogen (secondary N) is 3. The zero-order valence-electron chi connectivity index (χ0n) is 24.0. The second kappa shape index (κ2) is 25.7. The lowest BCUT2D eigenvalue weighted by Crippen LogP contribution is -2.47. The predicted octanol–water partition coefficient (Wildman–Crippen LogP) is -2.37. The molecule has 0 bridgehead atoms. The molecule has 1 amide bonds. The first-order valence-electron chi connectivity index (χ1n) is 14.3. The van der Waals surface area contributed by atoms with Gasteiger partial charge in [0.15, 0.2) is 0 Å². The first-order valence-corrected chi connectivity index (χ1v) is 14.3. The van der Waals surface area contributed by atoms with E-state index < -0.39 is 0 Å². The van der Waals surface area contributed by atoms with Gasteiger partial charge in [0, 0.05) is 118 Å². The van der Waals surface area contributed by atoms with Crippen molar-refractivity contribution in [1.29, 1.82) is 0 Å². The van der Waals surface area contributed by atoms with Crippen LogP contribution in [0.15, 0.2) is 0 Å². The van der Waals surface area contributed by atoms with Gasteiger partial charge in [-0.2, -0.15) is 0 Å². The molecule has 0 saturated carbocycles. The molecule has 2 saturated heterocycles. The van der Waals surface area contributed by atoms with Crippen LogP contribution in [0.2, 0.25) is 0 Å². The lowest BCUT2D eigenvalue weighted by atomic mass is 10.3. The Balaban J connectivity index is 0.000000457. The van der Waals surface area contributed by atoms with Crippen LogP contribution < -0.4 is 16.0 Å². The Morgan fingerprint density at radius 2 is 1.03 bits per heavy atom. The van der Waals surface area contributed by atoms with Gasteiger partial charge in [0.1, 0.15) is 6.29 Å². The molecule has 39 heavy (non-hydrogen) atoms. The summed E-state index contributed by atoms with van der Waals surface area (Å²) in [5, 5.41) is 27.1. The van der Waals surface area contributed by atoms with E-state index in [4.69, 9.17) is 10.5 Å². The molecule has 230 valence electrons. The molecule has 0 aromatic rings. The third-order valence-electron chi connectivity index (χ3n) is 6.97. The van der Waals surface area contributed by atoms with Crippen LogP contribution in [-0.4, -0.2) is 192 Å². The molecule has 0 atom stereocenters. The summed E-state index contributed by atoms with van der Waals surface area (Å²) < 4.78 is 0. The number of nitrogens with zero attached hydrogens (tertiary/aromatic N) is 5. The van der Waals surface area contributed by atoms with E-state index in [1.807, 2.05) is 0 Å². The molecule has 0 aliphatic carbocycles. The normalized spacial score (nSPS) is 21.4. The zero-order valence-corrected chi connectivity index (χ0v) is 24.0. The number of rotatable bonds is 10. The van der Waals surface area contributed by atoms with Gasteiger partial charge in [-0.15, -0.1) is 0 Å². The van der Waals surface area contributed by atoms with Gasteiger partial charge in [0.2, 0.25) is 6.41 Å². The van der Waals surface area contributed by atoms with Gasteiger partial charge < -0.3 is 30.5 Å². The van der Waals surface area contributed by atoms with E-state index in [2.05, 4.69) is 52.2 Å². The van der Waals surface area contributed by atoms with E-state index in [1.54, 1.807) is 4.90 Å². The highest BCUT2D eigenvalue weighted by atomic mass is 17.1. The fraction of sp³-hybridized carbons (Fsp3) is 0.920. The first-order chi connectivity index (χ1) is 19.2. The molecule has 2 heterocycles. The minimum Gasteiger partial charge on any atom is -0.343 e. The van der Waals surface area contributed by atoms with E-state index in [9.17, 15) is 9.59 Å². The van der Waals surface area contributed by atoms with E-state index >= 15 is 0 Å². The smallest absolute Gasteiger partial charge is 0.209 e. The van der Waals surface area contributed by atoms with Crippen molar-refractivity contribution < 1.29 is 29.9 Å². The molecular weight excluding hydrogens is 508 g/mol. The van der Waals surface area contributed by atoms with E-state index in [0.29, 0.717) is 26.2 Å².